The summed E-state index contributed by atoms with van der Waals surface area (Å²) in [5.41, 5.74) is 0. The molecule has 0 aromatic carbocycles. The fraction of sp³-hybridized carbons (Fsp3) is 0.725. The fourth-order valence-corrected chi connectivity index (χ4v) is 6.28. The van der Waals surface area contributed by atoms with Crippen molar-refractivity contribution in [1.82, 2.24) is 0 Å². The first-order chi connectivity index (χ1) is 27.6. The van der Waals surface area contributed by atoms with Crippen molar-refractivity contribution in [2.75, 3.05) is 19.8 Å². The molecule has 0 saturated carbocycles. The number of ether oxygens (including phenoxy) is 3. The summed E-state index contributed by atoms with van der Waals surface area (Å²) >= 11 is 0. The van der Waals surface area contributed by atoms with Gasteiger partial charge in [0.05, 0.1) is 13.0 Å². The number of esters is 2. The SMILES string of the molecule is CC/C=C\C/C=C\C/C=C\C/C=C\C/C=C\CC(=O)OCC(COCCCCCCCC/C=C\CCCCCCCC)OC(=O)CCCCCCCCCCC. The van der Waals surface area contributed by atoms with Crippen molar-refractivity contribution in [1.29, 1.82) is 0 Å². The van der Waals surface area contributed by atoms with Crippen molar-refractivity contribution in [2.24, 2.45) is 0 Å². The molecule has 322 valence electrons. The number of hydrogen-bond acceptors (Lipinski definition) is 5. The molecule has 5 nitrogen and oxygen atoms in total. The second-order valence-corrected chi connectivity index (χ2v) is 15.3. The molecule has 1 atom stereocenters. The van der Waals surface area contributed by atoms with E-state index < -0.39 is 6.10 Å². The second-order valence-electron chi connectivity index (χ2n) is 15.3. The van der Waals surface area contributed by atoms with Crippen molar-refractivity contribution in [3.63, 3.8) is 0 Å². The quantitative estimate of drug-likeness (QED) is 0.0351. The zero-order valence-electron chi connectivity index (χ0n) is 36.9. The van der Waals surface area contributed by atoms with Crippen LogP contribution in [0.5, 0.6) is 0 Å². The maximum atomic E-state index is 12.7. The van der Waals surface area contributed by atoms with Crippen molar-refractivity contribution in [2.45, 2.75) is 219 Å². The predicted octanol–water partition coefficient (Wildman–Crippen LogP) is 15.6. The van der Waals surface area contributed by atoms with E-state index in [1.54, 1.807) is 0 Å². The van der Waals surface area contributed by atoms with Crippen LogP contribution < -0.4 is 0 Å². The Morgan fingerprint density at radius 2 is 0.857 bits per heavy atom. The van der Waals surface area contributed by atoms with Crippen LogP contribution in [0.3, 0.4) is 0 Å². The van der Waals surface area contributed by atoms with E-state index in [1.807, 2.05) is 12.2 Å². The second kappa shape index (κ2) is 46.7. The van der Waals surface area contributed by atoms with Gasteiger partial charge in [-0.3, -0.25) is 9.59 Å². The Morgan fingerprint density at radius 1 is 0.429 bits per heavy atom. The highest BCUT2D eigenvalue weighted by atomic mass is 16.6. The maximum Gasteiger partial charge on any atom is 0.309 e. The molecule has 0 heterocycles. The molecular formula is C51H88O5. The third-order valence-electron chi connectivity index (χ3n) is 9.76. The van der Waals surface area contributed by atoms with Gasteiger partial charge in [0, 0.05) is 13.0 Å². The van der Waals surface area contributed by atoms with Crippen LogP contribution in [0.4, 0.5) is 0 Å². The Kier molecular flexibility index (Phi) is 44.5. The monoisotopic (exact) mass is 781 g/mol. The summed E-state index contributed by atoms with van der Waals surface area (Å²) in [5.74, 6) is -0.549. The molecule has 0 N–H and O–H groups in total. The molecule has 0 aliphatic heterocycles. The summed E-state index contributed by atoms with van der Waals surface area (Å²) in [5, 5.41) is 0. The molecule has 0 amide bonds. The van der Waals surface area contributed by atoms with Crippen LogP contribution in [-0.4, -0.2) is 37.9 Å². The molecule has 0 bridgehead atoms. The molecule has 0 rings (SSSR count). The van der Waals surface area contributed by atoms with Gasteiger partial charge in [-0.15, -0.1) is 0 Å². The molecular weight excluding hydrogens is 693 g/mol. The zero-order valence-corrected chi connectivity index (χ0v) is 36.9. The molecule has 0 aliphatic carbocycles. The van der Waals surface area contributed by atoms with E-state index in [9.17, 15) is 9.59 Å². The Bertz CT molecular complexity index is 1020. The van der Waals surface area contributed by atoms with Crippen LogP contribution in [0, 0.1) is 0 Å². The zero-order chi connectivity index (χ0) is 40.7. The minimum Gasteiger partial charge on any atom is -0.461 e. The topological polar surface area (TPSA) is 61.8 Å². The molecule has 0 radical (unpaired) electrons. The molecule has 5 heteroatoms. The molecule has 0 saturated heterocycles. The summed E-state index contributed by atoms with van der Waals surface area (Å²) in [6, 6.07) is 0. The van der Waals surface area contributed by atoms with E-state index in [1.165, 1.54) is 116 Å². The Labute approximate surface area is 347 Å². The molecule has 56 heavy (non-hydrogen) atoms. The normalized spacial score (nSPS) is 12.8. The van der Waals surface area contributed by atoms with Crippen LogP contribution in [0.25, 0.3) is 0 Å². The average molecular weight is 781 g/mol. The Balaban J connectivity index is 4.34. The molecule has 0 aliphatic rings. The number of unbranched alkanes of at least 4 members (excludes halogenated alkanes) is 20. The van der Waals surface area contributed by atoms with Crippen LogP contribution >= 0.6 is 0 Å². The van der Waals surface area contributed by atoms with Crippen LogP contribution in [0.2, 0.25) is 0 Å². The molecule has 0 fully saturated rings. The van der Waals surface area contributed by atoms with E-state index in [0.717, 1.165) is 64.2 Å². The number of carbonyl (C=O) groups excluding carboxylic acids is 2. The van der Waals surface area contributed by atoms with Gasteiger partial charge in [0.25, 0.3) is 0 Å². The minimum atomic E-state index is -0.576. The van der Waals surface area contributed by atoms with Gasteiger partial charge >= 0.3 is 11.9 Å². The lowest BCUT2D eigenvalue weighted by Gasteiger charge is -2.18. The van der Waals surface area contributed by atoms with Gasteiger partial charge < -0.3 is 14.2 Å². The van der Waals surface area contributed by atoms with Crippen molar-refractivity contribution < 1.29 is 23.8 Å². The van der Waals surface area contributed by atoms with Crippen molar-refractivity contribution >= 4 is 11.9 Å². The molecule has 1 unspecified atom stereocenters. The van der Waals surface area contributed by atoms with Gasteiger partial charge in [0.1, 0.15) is 6.61 Å². The third-order valence-corrected chi connectivity index (χ3v) is 9.76. The smallest absolute Gasteiger partial charge is 0.309 e. The summed E-state index contributed by atoms with van der Waals surface area (Å²) < 4.78 is 17.2. The standard InChI is InChI=1S/C51H88O5/c1-4-7-10-13-16-19-21-23-25-27-29-31-34-37-40-43-46-54-47-49(56-51(53)45-42-39-36-32-18-15-12-9-6-3)48-55-50(52)44-41-38-35-33-30-28-26-24-22-20-17-14-11-8-5-2/h8,11,17,20,23-26,30,33,38,41,49H,4-7,9-10,12-16,18-19,21-22,27-29,31-32,34-37,39-40,42-48H2,1-3H3/b11-8-,20-17-,25-23-,26-24-,33-30-,41-38-. The summed E-state index contributed by atoms with van der Waals surface area (Å²) in [6.07, 6.45) is 59.3. The predicted molar refractivity (Wildman–Crippen MR) is 242 cm³/mol. The van der Waals surface area contributed by atoms with E-state index in [-0.39, 0.29) is 31.6 Å². The van der Waals surface area contributed by atoms with Crippen LogP contribution in [-0.2, 0) is 23.8 Å². The van der Waals surface area contributed by atoms with E-state index in [2.05, 4.69) is 81.5 Å². The largest absolute Gasteiger partial charge is 0.461 e. The van der Waals surface area contributed by atoms with Crippen LogP contribution in [0.1, 0.15) is 213 Å². The first-order valence-electron chi connectivity index (χ1n) is 23.5. The number of rotatable bonds is 42. The maximum absolute atomic E-state index is 12.7. The van der Waals surface area contributed by atoms with Gasteiger partial charge in [0.15, 0.2) is 6.10 Å². The van der Waals surface area contributed by atoms with Crippen LogP contribution in [0.15, 0.2) is 72.9 Å². The lowest BCUT2D eigenvalue weighted by Crippen LogP contribution is -2.30. The van der Waals surface area contributed by atoms with Crippen molar-refractivity contribution in [3.8, 4) is 0 Å². The van der Waals surface area contributed by atoms with E-state index in [0.29, 0.717) is 13.0 Å². The highest BCUT2D eigenvalue weighted by molar-refractivity contribution is 5.71. The first kappa shape index (κ1) is 53.3. The highest BCUT2D eigenvalue weighted by Crippen LogP contribution is 2.13. The summed E-state index contributed by atoms with van der Waals surface area (Å²) in [4.78, 5) is 25.1. The number of carbonyl (C=O) groups is 2. The molecule has 0 aromatic heterocycles. The van der Waals surface area contributed by atoms with E-state index in [4.69, 9.17) is 14.2 Å². The fourth-order valence-electron chi connectivity index (χ4n) is 6.28. The van der Waals surface area contributed by atoms with Gasteiger partial charge in [0.2, 0.25) is 0 Å². The first-order valence-corrected chi connectivity index (χ1v) is 23.5. The average Bonchev–Trinajstić information content (AvgIpc) is 3.20. The lowest BCUT2D eigenvalue weighted by molar-refractivity contribution is -0.162. The van der Waals surface area contributed by atoms with Gasteiger partial charge in [-0.1, -0.05) is 203 Å². The Morgan fingerprint density at radius 3 is 1.36 bits per heavy atom. The minimum absolute atomic E-state index is 0.0282. The highest BCUT2D eigenvalue weighted by Gasteiger charge is 2.17. The van der Waals surface area contributed by atoms with Crippen molar-refractivity contribution in [3.05, 3.63) is 72.9 Å². The van der Waals surface area contributed by atoms with Gasteiger partial charge in [-0.25, -0.2) is 0 Å². The summed E-state index contributed by atoms with van der Waals surface area (Å²) in [7, 11) is 0. The molecule has 0 spiro atoms. The number of hydrogen-bond donors (Lipinski definition) is 0. The van der Waals surface area contributed by atoms with Gasteiger partial charge in [-0.05, 0) is 70.6 Å². The summed E-state index contributed by atoms with van der Waals surface area (Å²) in [6.45, 7) is 7.57. The molecule has 0 aromatic rings. The van der Waals surface area contributed by atoms with Gasteiger partial charge in [-0.2, -0.15) is 0 Å². The third kappa shape index (κ3) is 44.1. The Hall–Kier alpha value is -2.66. The number of allylic oxidation sites excluding steroid dienone is 11. The lowest BCUT2D eigenvalue weighted by atomic mass is 10.1. The van der Waals surface area contributed by atoms with E-state index >= 15 is 0 Å².